The van der Waals surface area contributed by atoms with Crippen LogP contribution in [0.5, 0.6) is 0 Å². The molecule has 2 aliphatic heterocycles. The molecule has 2 fully saturated rings. The molecule has 0 spiro atoms. The van der Waals surface area contributed by atoms with Gasteiger partial charge in [0.05, 0.1) is 5.69 Å². The van der Waals surface area contributed by atoms with Crippen molar-refractivity contribution in [1.82, 2.24) is 20.1 Å². The van der Waals surface area contributed by atoms with Crippen molar-refractivity contribution in [2.24, 2.45) is 0 Å². The number of halogens is 1. The summed E-state index contributed by atoms with van der Waals surface area (Å²) in [6.07, 6.45) is 2.99. The number of nitrogens with zero attached hydrogens (tertiary/aromatic N) is 4. The predicted molar refractivity (Wildman–Crippen MR) is 130 cm³/mol. The van der Waals surface area contributed by atoms with Crippen LogP contribution in [0.1, 0.15) is 43.5 Å². The van der Waals surface area contributed by atoms with Gasteiger partial charge in [0.25, 0.3) is 0 Å². The molecule has 176 valence electrons. The fraction of sp³-hybridized carbons (Fsp3) is 0.538. The summed E-state index contributed by atoms with van der Waals surface area (Å²) in [5.41, 5.74) is 5.35. The van der Waals surface area contributed by atoms with Gasteiger partial charge in [-0.3, -0.25) is 10.00 Å². The molecular weight excluding hydrogens is 417 g/mol. The zero-order valence-corrected chi connectivity index (χ0v) is 20.1. The number of H-pyrrole nitrogens is 1. The number of nitrogens with one attached hydrogen (secondary N) is 1. The number of hydrogen-bond acceptors (Lipinski definition) is 5. The van der Waals surface area contributed by atoms with E-state index >= 15 is 4.39 Å². The Bertz CT molecular complexity index is 1150. The van der Waals surface area contributed by atoms with E-state index in [-0.39, 0.29) is 11.9 Å². The van der Waals surface area contributed by atoms with Crippen molar-refractivity contribution in [3.63, 3.8) is 0 Å². The van der Waals surface area contributed by atoms with Gasteiger partial charge < -0.3 is 9.64 Å². The topological polar surface area (TPSA) is 57.3 Å². The zero-order valence-electron chi connectivity index (χ0n) is 20.1. The minimum absolute atomic E-state index is 0.244. The molecule has 1 atom stereocenters. The van der Waals surface area contributed by atoms with Crippen LogP contribution in [0.15, 0.2) is 18.2 Å². The zero-order chi connectivity index (χ0) is 23.1. The van der Waals surface area contributed by atoms with Gasteiger partial charge in [0.2, 0.25) is 0 Å². The predicted octanol–water partition coefficient (Wildman–Crippen LogP) is 4.63. The molecule has 0 aliphatic carbocycles. The van der Waals surface area contributed by atoms with Crippen molar-refractivity contribution in [2.75, 3.05) is 37.7 Å². The molecule has 4 heterocycles. The summed E-state index contributed by atoms with van der Waals surface area (Å²) in [5.74, 6) is 0.598. The fourth-order valence-electron chi connectivity index (χ4n) is 5.47. The van der Waals surface area contributed by atoms with Crippen LogP contribution < -0.4 is 4.90 Å². The van der Waals surface area contributed by atoms with E-state index in [1.165, 1.54) is 0 Å². The van der Waals surface area contributed by atoms with Crippen molar-refractivity contribution < 1.29 is 9.13 Å². The molecule has 3 aromatic rings. The first-order valence-corrected chi connectivity index (χ1v) is 12.2. The highest BCUT2D eigenvalue weighted by molar-refractivity contribution is 5.94. The first-order valence-electron chi connectivity index (χ1n) is 12.2. The molecule has 6 nitrogen and oxygen atoms in total. The average molecular weight is 452 g/mol. The lowest BCUT2D eigenvalue weighted by atomic mass is 9.97. The molecule has 0 saturated carbocycles. The van der Waals surface area contributed by atoms with Crippen molar-refractivity contribution in [3.05, 3.63) is 40.8 Å². The number of anilines is 1. The normalized spacial score (nSPS) is 20.6. The number of hydrogen-bond donors (Lipinski definition) is 1. The Hall–Kier alpha value is -2.51. The Labute approximate surface area is 195 Å². The summed E-state index contributed by atoms with van der Waals surface area (Å²) < 4.78 is 20.7. The molecule has 2 aliphatic rings. The number of rotatable bonds is 4. The molecule has 1 N–H and O–H groups in total. The second-order valence-corrected chi connectivity index (χ2v) is 9.58. The maximum atomic E-state index is 15.2. The molecule has 2 aromatic heterocycles. The van der Waals surface area contributed by atoms with Gasteiger partial charge in [0.15, 0.2) is 0 Å². The molecule has 0 radical (unpaired) electrons. The third kappa shape index (κ3) is 4.13. The van der Waals surface area contributed by atoms with Crippen molar-refractivity contribution >= 4 is 16.7 Å². The number of ether oxygens (including phenoxy) is 1. The second-order valence-electron chi connectivity index (χ2n) is 9.58. The van der Waals surface area contributed by atoms with E-state index in [1.807, 2.05) is 6.92 Å². The highest BCUT2D eigenvalue weighted by Gasteiger charge is 2.32. The third-order valence-electron chi connectivity index (χ3n) is 7.35. The monoisotopic (exact) mass is 451 g/mol. The summed E-state index contributed by atoms with van der Waals surface area (Å²) in [5, 5.41) is 8.53. The van der Waals surface area contributed by atoms with E-state index in [4.69, 9.17) is 9.72 Å². The minimum atomic E-state index is -0.244. The molecule has 1 aromatic carbocycles. The Balaban J connectivity index is 1.59. The second kappa shape index (κ2) is 9.03. The summed E-state index contributed by atoms with van der Waals surface area (Å²) in [6.45, 7) is 12.9. The van der Waals surface area contributed by atoms with Crippen LogP contribution in [0.25, 0.3) is 22.2 Å². The van der Waals surface area contributed by atoms with Crippen LogP contribution in [0.2, 0.25) is 0 Å². The van der Waals surface area contributed by atoms with Gasteiger partial charge in [-0.25, -0.2) is 9.37 Å². The van der Waals surface area contributed by atoms with Crippen LogP contribution >= 0.6 is 0 Å². The summed E-state index contributed by atoms with van der Waals surface area (Å²) in [7, 11) is 0. The Morgan fingerprint density at radius 3 is 2.61 bits per heavy atom. The van der Waals surface area contributed by atoms with Crippen LogP contribution in [-0.4, -0.2) is 65.0 Å². The maximum absolute atomic E-state index is 15.2. The van der Waals surface area contributed by atoms with Gasteiger partial charge in [-0.15, -0.1) is 0 Å². The smallest absolute Gasteiger partial charge is 0.149 e. The van der Waals surface area contributed by atoms with Gasteiger partial charge in [-0.05, 0) is 69.4 Å². The number of fused-ring (bicyclic) bond motifs is 1. The highest BCUT2D eigenvalue weighted by atomic mass is 19.1. The van der Waals surface area contributed by atoms with E-state index < -0.39 is 0 Å². The van der Waals surface area contributed by atoms with Crippen LogP contribution in [0.3, 0.4) is 0 Å². The highest BCUT2D eigenvalue weighted by Crippen LogP contribution is 2.38. The number of piperazine rings is 1. The Kier molecular flexibility index (Phi) is 6.10. The Morgan fingerprint density at radius 1 is 1.15 bits per heavy atom. The van der Waals surface area contributed by atoms with Gasteiger partial charge in [0, 0.05) is 61.6 Å². The molecule has 0 unspecified atom stereocenters. The summed E-state index contributed by atoms with van der Waals surface area (Å²) in [6, 6.07) is 6.63. The molecule has 0 bridgehead atoms. The van der Waals surface area contributed by atoms with Gasteiger partial charge in [0.1, 0.15) is 17.2 Å². The third-order valence-corrected chi connectivity index (χ3v) is 7.35. The number of pyridine rings is 1. The lowest BCUT2D eigenvalue weighted by molar-refractivity contribution is 0.0279. The molecule has 33 heavy (non-hydrogen) atoms. The SMILES string of the molecule is CCc1cc(F)c2nc(N3CCN(C4CCOCC4)C[C@H]3C)c(-c3cc(C)[nH]n3)c(C)c2c1. The van der Waals surface area contributed by atoms with Crippen molar-refractivity contribution in [2.45, 2.75) is 59.0 Å². The largest absolute Gasteiger partial charge is 0.381 e. The van der Waals surface area contributed by atoms with Crippen molar-refractivity contribution in [3.8, 4) is 11.3 Å². The van der Waals surface area contributed by atoms with Crippen LogP contribution in [-0.2, 0) is 11.2 Å². The molecule has 2 saturated heterocycles. The number of aryl methyl sites for hydroxylation is 3. The van der Waals surface area contributed by atoms with Gasteiger partial charge >= 0.3 is 0 Å². The average Bonchev–Trinajstić information content (AvgIpc) is 3.25. The lowest BCUT2D eigenvalue weighted by Crippen LogP contribution is -2.56. The van der Waals surface area contributed by atoms with E-state index in [9.17, 15) is 0 Å². The van der Waals surface area contributed by atoms with E-state index in [1.54, 1.807) is 6.07 Å². The van der Waals surface area contributed by atoms with Crippen LogP contribution in [0, 0.1) is 19.7 Å². The quantitative estimate of drug-likeness (QED) is 0.627. The standard InChI is InChI=1S/C26H34FN5O/c1-5-19-13-21-18(4)24(23-12-16(2)29-30-23)26(28-25(21)22(27)14-19)32-9-8-31(15-17(32)3)20-6-10-33-11-7-20/h12-14,17,20H,5-11,15H2,1-4H3,(H,29,30)/t17-/m1/s1. The fourth-order valence-corrected chi connectivity index (χ4v) is 5.47. The minimum Gasteiger partial charge on any atom is -0.381 e. The van der Waals surface area contributed by atoms with Gasteiger partial charge in [-0.1, -0.05) is 6.92 Å². The maximum Gasteiger partial charge on any atom is 0.149 e. The Morgan fingerprint density at radius 2 is 1.94 bits per heavy atom. The molecule has 7 heteroatoms. The molecule has 0 amide bonds. The first-order chi connectivity index (χ1) is 16.0. The van der Waals surface area contributed by atoms with E-state index in [0.717, 1.165) is 91.4 Å². The summed E-state index contributed by atoms with van der Waals surface area (Å²) in [4.78, 5) is 9.92. The van der Waals surface area contributed by atoms with Crippen LogP contribution in [0.4, 0.5) is 10.2 Å². The number of benzene rings is 1. The van der Waals surface area contributed by atoms with E-state index in [2.05, 4.69) is 52.9 Å². The number of aromatic nitrogens is 3. The van der Waals surface area contributed by atoms with Gasteiger partial charge in [-0.2, -0.15) is 5.10 Å². The van der Waals surface area contributed by atoms with E-state index in [0.29, 0.717) is 11.6 Å². The molecular formula is C26H34FN5O. The van der Waals surface area contributed by atoms with Crippen molar-refractivity contribution in [1.29, 1.82) is 0 Å². The lowest BCUT2D eigenvalue weighted by Gasteiger charge is -2.45. The number of aromatic amines is 1. The first kappa shape index (κ1) is 22.3. The summed E-state index contributed by atoms with van der Waals surface area (Å²) >= 11 is 0. The molecule has 5 rings (SSSR count).